The van der Waals surface area contributed by atoms with E-state index in [4.69, 9.17) is 14.2 Å². The fourth-order valence-electron chi connectivity index (χ4n) is 4.03. The Morgan fingerprint density at radius 3 is 2.73 bits per heavy atom. The fraction of sp³-hybridized carbons (Fsp3) is 0.478. The largest absolute Gasteiger partial charge is 0.491 e. The topological polar surface area (TPSA) is 74.1 Å². The lowest BCUT2D eigenvalue weighted by Crippen LogP contribution is -3.15. The zero-order valence-corrected chi connectivity index (χ0v) is 17.2. The van der Waals surface area contributed by atoms with Crippen LogP contribution < -0.4 is 15.0 Å². The lowest BCUT2D eigenvalue weighted by atomic mass is 10.1. The Hall–Kier alpha value is -2.48. The summed E-state index contributed by atoms with van der Waals surface area (Å²) in [6.07, 6.45) is 5.98. The molecule has 2 aliphatic rings. The molecule has 0 saturated carbocycles. The predicted molar refractivity (Wildman–Crippen MR) is 112 cm³/mol. The van der Waals surface area contributed by atoms with E-state index in [1.807, 2.05) is 24.4 Å². The fourth-order valence-corrected chi connectivity index (χ4v) is 4.03. The van der Waals surface area contributed by atoms with Crippen LogP contribution in [0.5, 0.6) is 5.75 Å². The molecule has 160 valence electrons. The molecular formula is C23H30N3O4+. The van der Waals surface area contributed by atoms with Crippen LogP contribution in [0, 0.1) is 0 Å². The Balaban J connectivity index is 1.33. The van der Waals surface area contributed by atoms with Crippen molar-refractivity contribution in [3.8, 4) is 5.75 Å². The van der Waals surface area contributed by atoms with E-state index in [1.54, 1.807) is 18.3 Å². The first-order valence-corrected chi connectivity index (χ1v) is 10.7. The summed E-state index contributed by atoms with van der Waals surface area (Å²) >= 11 is 0. The smallest absolute Gasteiger partial charge is 0.251 e. The van der Waals surface area contributed by atoms with E-state index in [1.165, 1.54) is 4.90 Å². The summed E-state index contributed by atoms with van der Waals surface area (Å²) in [6.45, 7) is 5.26. The summed E-state index contributed by atoms with van der Waals surface area (Å²) in [6, 6.07) is 11.5. The van der Waals surface area contributed by atoms with Gasteiger partial charge in [-0.15, -0.1) is 0 Å². The van der Waals surface area contributed by atoms with Crippen LogP contribution in [0.2, 0.25) is 0 Å². The van der Waals surface area contributed by atoms with Gasteiger partial charge in [-0.1, -0.05) is 0 Å². The van der Waals surface area contributed by atoms with Crippen molar-refractivity contribution in [2.75, 3.05) is 46.1 Å². The molecule has 2 N–H and O–H groups in total. The molecule has 0 spiro atoms. The van der Waals surface area contributed by atoms with Crippen LogP contribution in [-0.4, -0.2) is 63.1 Å². The first-order chi connectivity index (χ1) is 14.8. The second-order valence-electron chi connectivity index (χ2n) is 7.79. The minimum absolute atomic E-state index is 0.0813. The van der Waals surface area contributed by atoms with Crippen molar-refractivity contribution in [3.05, 3.63) is 59.9 Å². The first-order valence-electron chi connectivity index (χ1n) is 10.7. The quantitative estimate of drug-likeness (QED) is 0.678. The number of rotatable bonds is 8. The third-order valence-corrected chi connectivity index (χ3v) is 5.76. The Labute approximate surface area is 177 Å². The van der Waals surface area contributed by atoms with Gasteiger partial charge in [-0.25, -0.2) is 0 Å². The molecule has 2 aliphatic heterocycles. The number of quaternary nitrogens is 1. The van der Waals surface area contributed by atoms with Gasteiger partial charge in [0.05, 0.1) is 25.9 Å². The number of carbonyl (C=O) groups excluding carboxylic acids is 1. The van der Waals surface area contributed by atoms with Crippen molar-refractivity contribution in [2.24, 2.45) is 0 Å². The number of nitrogens with zero attached hydrogens (tertiary/aromatic N) is 1. The summed E-state index contributed by atoms with van der Waals surface area (Å²) in [5, 5.41) is 3.10. The van der Waals surface area contributed by atoms with Crippen molar-refractivity contribution < 1.29 is 23.9 Å². The monoisotopic (exact) mass is 412 g/mol. The molecule has 3 heterocycles. The van der Waals surface area contributed by atoms with E-state index in [0.29, 0.717) is 18.7 Å². The molecule has 2 fully saturated rings. The molecule has 1 amide bonds. The number of ether oxygens (including phenoxy) is 3. The third-order valence-electron chi connectivity index (χ3n) is 5.76. The van der Waals surface area contributed by atoms with Gasteiger partial charge in [0.2, 0.25) is 0 Å². The Morgan fingerprint density at radius 1 is 1.20 bits per heavy atom. The minimum Gasteiger partial charge on any atom is -0.491 e. The van der Waals surface area contributed by atoms with Crippen molar-refractivity contribution in [1.29, 1.82) is 0 Å². The van der Waals surface area contributed by atoms with Crippen LogP contribution in [0.3, 0.4) is 0 Å². The highest BCUT2D eigenvalue weighted by Crippen LogP contribution is 2.17. The summed E-state index contributed by atoms with van der Waals surface area (Å²) in [5.41, 5.74) is 1.76. The molecular weight excluding hydrogens is 382 g/mol. The van der Waals surface area contributed by atoms with Gasteiger partial charge in [-0.05, 0) is 49.2 Å². The maximum atomic E-state index is 12.7. The number of aromatic nitrogens is 1. The van der Waals surface area contributed by atoms with Gasteiger partial charge in [-0.2, -0.15) is 0 Å². The van der Waals surface area contributed by atoms with E-state index >= 15 is 0 Å². The first kappa shape index (κ1) is 20.8. The molecule has 1 aromatic heterocycles. The second kappa shape index (κ2) is 10.5. The van der Waals surface area contributed by atoms with Crippen molar-refractivity contribution >= 4 is 5.91 Å². The summed E-state index contributed by atoms with van der Waals surface area (Å²) in [4.78, 5) is 18.4. The van der Waals surface area contributed by atoms with E-state index in [-0.39, 0.29) is 18.1 Å². The van der Waals surface area contributed by atoms with Gasteiger partial charge in [0.25, 0.3) is 5.91 Å². The standard InChI is InChI=1S/C23H29N3O4/c27-23(18-5-7-20(8-6-18)30-17-21-4-2-12-29-21)25-16-22(19-3-1-9-24-15-19)26-10-13-28-14-11-26/h1,3,5-9,15,21-22H,2,4,10-14,16-17H2,(H,25,27)/p+1/t21-,22-/m1/s1. The minimum atomic E-state index is -0.0813. The average molecular weight is 413 g/mol. The third kappa shape index (κ3) is 5.56. The van der Waals surface area contributed by atoms with Crippen LogP contribution in [0.1, 0.15) is 34.8 Å². The van der Waals surface area contributed by atoms with Crippen LogP contribution in [0.15, 0.2) is 48.8 Å². The molecule has 30 heavy (non-hydrogen) atoms. The molecule has 0 bridgehead atoms. The zero-order chi connectivity index (χ0) is 20.6. The van der Waals surface area contributed by atoms with Crippen LogP contribution in [0.25, 0.3) is 0 Å². The van der Waals surface area contributed by atoms with E-state index in [9.17, 15) is 4.79 Å². The van der Waals surface area contributed by atoms with Gasteiger partial charge >= 0.3 is 0 Å². The number of carbonyl (C=O) groups is 1. The van der Waals surface area contributed by atoms with Gasteiger partial charge in [0, 0.05) is 30.1 Å². The van der Waals surface area contributed by atoms with Gasteiger partial charge < -0.3 is 24.4 Å². The number of amides is 1. The van der Waals surface area contributed by atoms with Crippen LogP contribution in [0.4, 0.5) is 0 Å². The van der Waals surface area contributed by atoms with Gasteiger partial charge in [0.1, 0.15) is 31.5 Å². The highest BCUT2D eigenvalue weighted by atomic mass is 16.5. The second-order valence-corrected chi connectivity index (χ2v) is 7.79. The molecule has 0 radical (unpaired) electrons. The SMILES string of the molecule is O=C(NC[C@H](c1cccnc1)[NH+]1CCOCC1)c1ccc(OC[C@H]2CCCO2)cc1. The van der Waals surface area contributed by atoms with Crippen molar-refractivity contribution in [2.45, 2.75) is 25.0 Å². The number of hydrogen-bond acceptors (Lipinski definition) is 5. The van der Waals surface area contributed by atoms with Crippen LogP contribution in [-0.2, 0) is 9.47 Å². The Kier molecular flexibility index (Phi) is 7.29. The highest BCUT2D eigenvalue weighted by Gasteiger charge is 2.27. The van der Waals surface area contributed by atoms with Gasteiger partial charge in [0.15, 0.2) is 0 Å². The van der Waals surface area contributed by atoms with E-state index in [2.05, 4.69) is 16.4 Å². The highest BCUT2D eigenvalue weighted by molar-refractivity contribution is 5.94. The van der Waals surface area contributed by atoms with E-state index < -0.39 is 0 Å². The number of nitrogens with one attached hydrogen (secondary N) is 2. The lowest BCUT2D eigenvalue weighted by molar-refractivity contribution is -0.937. The maximum Gasteiger partial charge on any atom is 0.251 e. The average Bonchev–Trinajstić information content (AvgIpc) is 3.33. The molecule has 2 aromatic rings. The zero-order valence-electron chi connectivity index (χ0n) is 17.2. The van der Waals surface area contributed by atoms with E-state index in [0.717, 1.165) is 57.1 Å². The Morgan fingerprint density at radius 2 is 2.03 bits per heavy atom. The molecule has 0 unspecified atom stereocenters. The molecule has 0 aliphatic carbocycles. The normalized spacial score (nSPS) is 20.6. The van der Waals surface area contributed by atoms with Crippen LogP contribution >= 0.6 is 0 Å². The maximum absolute atomic E-state index is 12.7. The summed E-state index contributed by atoms with van der Waals surface area (Å²) < 4.78 is 16.9. The summed E-state index contributed by atoms with van der Waals surface area (Å²) in [5.74, 6) is 0.676. The molecule has 4 rings (SSSR count). The number of benzene rings is 1. The number of morpholine rings is 1. The predicted octanol–water partition coefficient (Wildman–Crippen LogP) is 1.03. The number of pyridine rings is 1. The molecule has 2 saturated heterocycles. The molecule has 7 nitrogen and oxygen atoms in total. The molecule has 1 aromatic carbocycles. The van der Waals surface area contributed by atoms with Crippen molar-refractivity contribution in [3.63, 3.8) is 0 Å². The number of hydrogen-bond donors (Lipinski definition) is 2. The summed E-state index contributed by atoms with van der Waals surface area (Å²) in [7, 11) is 0. The molecule has 2 atom stereocenters. The van der Waals surface area contributed by atoms with Gasteiger partial charge in [-0.3, -0.25) is 9.78 Å². The van der Waals surface area contributed by atoms with Crippen molar-refractivity contribution in [1.82, 2.24) is 10.3 Å². The lowest BCUT2D eigenvalue weighted by Gasteiger charge is -2.31. The Bertz CT molecular complexity index is 788. The molecule has 7 heteroatoms.